The van der Waals surface area contributed by atoms with Crippen LogP contribution in [-0.2, 0) is 9.59 Å². The molecule has 0 aromatic heterocycles. The number of aliphatic hydroxyl groups is 1. The SMILES string of the molecule is O=C(O)C1CC(O)CN1.O=C(O)[C@@H]1CCCN1O. The maximum Gasteiger partial charge on any atom is 0.323 e. The minimum absolute atomic E-state index is 0.329. The van der Waals surface area contributed by atoms with E-state index >= 15 is 0 Å². The van der Waals surface area contributed by atoms with Crippen LogP contribution in [0, 0.1) is 0 Å². The summed E-state index contributed by atoms with van der Waals surface area (Å²) in [6.45, 7) is 0.883. The first-order chi connectivity index (χ1) is 8.41. The van der Waals surface area contributed by atoms with Gasteiger partial charge in [-0.15, -0.1) is 0 Å². The standard InChI is InChI=1S/2C5H9NO3/c7-3-1-4(5(8)9)6-2-3;7-5(8)4-2-1-3-6(4)9/h3-4,6-7H,1-2H2,(H,8,9);4,9H,1-3H2,(H,7,8)/t;4-/m.0/s1. The lowest BCUT2D eigenvalue weighted by atomic mass is 10.2. The Morgan fingerprint density at radius 2 is 1.89 bits per heavy atom. The molecule has 8 nitrogen and oxygen atoms in total. The zero-order valence-corrected chi connectivity index (χ0v) is 9.82. The lowest BCUT2D eigenvalue weighted by Gasteiger charge is -2.11. The second-order valence-corrected chi connectivity index (χ2v) is 4.35. The summed E-state index contributed by atoms with van der Waals surface area (Å²) >= 11 is 0. The molecule has 2 rings (SSSR count). The summed E-state index contributed by atoms with van der Waals surface area (Å²) in [5.74, 6) is -1.82. The van der Waals surface area contributed by atoms with Gasteiger partial charge in [-0.25, -0.2) is 0 Å². The van der Waals surface area contributed by atoms with Crippen LogP contribution >= 0.6 is 0 Å². The van der Waals surface area contributed by atoms with Crippen molar-refractivity contribution in [1.82, 2.24) is 10.4 Å². The number of hydrogen-bond acceptors (Lipinski definition) is 6. The molecule has 0 aliphatic carbocycles. The van der Waals surface area contributed by atoms with Crippen molar-refractivity contribution in [2.45, 2.75) is 37.5 Å². The third kappa shape index (κ3) is 4.22. The van der Waals surface area contributed by atoms with Gasteiger partial charge < -0.3 is 25.8 Å². The van der Waals surface area contributed by atoms with Gasteiger partial charge in [0.05, 0.1) is 6.10 Å². The topological polar surface area (TPSA) is 130 Å². The molecule has 0 amide bonds. The highest BCUT2D eigenvalue weighted by molar-refractivity contribution is 5.74. The highest BCUT2D eigenvalue weighted by Crippen LogP contribution is 2.13. The molecule has 104 valence electrons. The molecule has 0 radical (unpaired) electrons. The van der Waals surface area contributed by atoms with E-state index in [4.69, 9.17) is 20.5 Å². The Labute approximate surface area is 104 Å². The van der Waals surface area contributed by atoms with Crippen molar-refractivity contribution in [1.29, 1.82) is 0 Å². The number of nitrogens with one attached hydrogen (secondary N) is 1. The number of carboxylic acid groups (broad SMARTS) is 2. The average Bonchev–Trinajstić information content (AvgIpc) is 2.87. The van der Waals surface area contributed by atoms with Crippen molar-refractivity contribution in [3.05, 3.63) is 0 Å². The number of rotatable bonds is 2. The van der Waals surface area contributed by atoms with E-state index in [0.717, 1.165) is 11.5 Å². The number of carboxylic acids is 2. The highest BCUT2D eigenvalue weighted by Gasteiger charge is 2.29. The summed E-state index contributed by atoms with van der Waals surface area (Å²) in [7, 11) is 0. The third-order valence-electron chi connectivity index (χ3n) is 2.92. The summed E-state index contributed by atoms with van der Waals surface area (Å²) in [6, 6.07) is -1.20. The molecule has 0 aromatic rings. The number of hydrogen-bond donors (Lipinski definition) is 5. The minimum atomic E-state index is -0.935. The molecule has 2 heterocycles. The summed E-state index contributed by atoms with van der Waals surface area (Å²) in [6.07, 6.45) is 1.18. The van der Waals surface area contributed by atoms with Gasteiger partial charge in [-0.2, -0.15) is 5.06 Å². The lowest BCUT2D eigenvalue weighted by Crippen LogP contribution is -2.32. The van der Waals surface area contributed by atoms with Crippen molar-refractivity contribution in [3.8, 4) is 0 Å². The van der Waals surface area contributed by atoms with E-state index in [1.807, 2.05) is 0 Å². The van der Waals surface area contributed by atoms with Gasteiger partial charge >= 0.3 is 11.9 Å². The van der Waals surface area contributed by atoms with E-state index < -0.39 is 30.1 Å². The Morgan fingerprint density at radius 1 is 1.22 bits per heavy atom. The first-order valence-electron chi connectivity index (χ1n) is 5.74. The maximum atomic E-state index is 10.2. The second-order valence-electron chi connectivity index (χ2n) is 4.35. The molecule has 2 aliphatic heterocycles. The third-order valence-corrected chi connectivity index (χ3v) is 2.92. The van der Waals surface area contributed by atoms with Crippen LogP contribution in [0.25, 0.3) is 0 Å². The van der Waals surface area contributed by atoms with E-state index in [1.165, 1.54) is 0 Å². The monoisotopic (exact) mass is 262 g/mol. The molecular weight excluding hydrogens is 244 g/mol. The fourth-order valence-electron chi connectivity index (χ4n) is 1.91. The smallest absolute Gasteiger partial charge is 0.323 e. The predicted molar refractivity (Wildman–Crippen MR) is 59.2 cm³/mol. The van der Waals surface area contributed by atoms with Gasteiger partial charge in [0.1, 0.15) is 12.1 Å². The molecule has 2 aliphatic rings. The van der Waals surface area contributed by atoms with Crippen molar-refractivity contribution < 1.29 is 30.1 Å². The van der Waals surface area contributed by atoms with Crippen LogP contribution in [0.1, 0.15) is 19.3 Å². The Bertz CT molecular complexity index is 311. The van der Waals surface area contributed by atoms with E-state index in [0.29, 0.717) is 25.9 Å². The molecule has 0 spiro atoms. The highest BCUT2D eigenvalue weighted by atomic mass is 16.5. The fourth-order valence-corrected chi connectivity index (χ4v) is 1.91. The number of aliphatic carboxylic acids is 2. The molecule has 2 fully saturated rings. The first-order valence-corrected chi connectivity index (χ1v) is 5.74. The number of β-amino-alcohol motifs (C(OH)–C–C–N with tert-alkyl or cyclic N) is 1. The van der Waals surface area contributed by atoms with Crippen LogP contribution in [0.3, 0.4) is 0 Å². The molecule has 3 atom stereocenters. The Balaban J connectivity index is 0.000000180. The quantitative estimate of drug-likeness (QED) is 0.416. The molecule has 0 aromatic carbocycles. The average molecular weight is 262 g/mol. The molecule has 5 N–H and O–H groups in total. The number of nitrogens with zero attached hydrogens (tertiary/aromatic N) is 1. The number of carbonyl (C=O) groups is 2. The van der Waals surface area contributed by atoms with Crippen LogP contribution in [0.5, 0.6) is 0 Å². The van der Waals surface area contributed by atoms with Gasteiger partial charge in [0.15, 0.2) is 0 Å². The van der Waals surface area contributed by atoms with E-state index in [-0.39, 0.29) is 0 Å². The lowest BCUT2D eigenvalue weighted by molar-refractivity contribution is -0.161. The van der Waals surface area contributed by atoms with Crippen molar-refractivity contribution in [3.63, 3.8) is 0 Å². The normalized spacial score (nSPS) is 31.8. The van der Waals surface area contributed by atoms with Crippen LogP contribution in [0.2, 0.25) is 0 Å². The van der Waals surface area contributed by atoms with Gasteiger partial charge in [0, 0.05) is 19.5 Å². The van der Waals surface area contributed by atoms with Crippen molar-refractivity contribution in [2.24, 2.45) is 0 Å². The van der Waals surface area contributed by atoms with Crippen LogP contribution in [0.15, 0.2) is 0 Å². The van der Waals surface area contributed by atoms with Crippen LogP contribution in [-0.4, -0.2) is 68.8 Å². The Morgan fingerprint density at radius 3 is 2.11 bits per heavy atom. The second kappa shape index (κ2) is 6.64. The molecule has 0 saturated carbocycles. The van der Waals surface area contributed by atoms with E-state index in [9.17, 15) is 9.59 Å². The Kier molecular flexibility index (Phi) is 5.48. The van der Waals surface area contributed by atoms with Crippen LogP contribution < -0.4 is 5.32 Å². The number of aliphatic hydroxyl groups excluding tert-OH is 1. The largest absolute Gasteiger partial charge is 0.480 e. The summed E-state index contributed by atoms with van der Waals surface area (Å²) in [4.78, 5) is 20.4. The molecule has 2 saturated heterocycles. The molecule has 0 bridgehead atoms. The zero-order chi connectivity index (χ0) is 13.7. The number of hydroxylamine groups is 2. The van der Waals surface area contributed by atoms with Crippen molar-refractivity contribution >= 4 is 11.9 Å². The molecular formula is C10H18N2O6. The van der Waals surface area contributed by atoms with Gasteiger partial charge in [-0.1, -0.05) is 0 Å². The van der Waals surface area contributed by atoms with Gasteiger partial charge in [0.25, 0.3) is 0 Å². The van der Waals surface area contributed by atoms with Gasteiger partial charge in [-0.05, 0) is 12.8 Å². The van der Waals surface area contributed by atoms with Crippen LogP contribution in [0.4, 0.5) is 0 Å². The van der Waals surface area contributed by atoms with E-state index in [2.05, 4.69) is 5.32 Å². The summed E-state index contributed by atoms with van der Waals surface area (Å²) in [5.41, 5.74) is 0. The first kappa shape index (κ1) is 14.8. The molecule has 18 heavy (non-hydrogen) atoms. The summed E-state index contributed by atoms with van der Waals surface area (Å²) in [5, 5.41) is 37.9. The van der Waals surface area contributed by atoms with Crippen molar-refractivity contribution in [2.75, 3.05) is 13.1 Å². The minimum Gasteiger partial charge on any atom is -0.480 e. The molecule has 8 heteroatoms. The summed E-state index contributed by atoms with van der Waals surface area (Å²) < 4.78 is 0. The van der Waals surface area contributed by atoms with E-state index in [1.54, 1.807) is 0 Å². The zero-order valence-electron chi connectivity index (χ0n) is 9.82. The van der Waals surface area contributed by atoms with Gasteiger partial charge in [0.2, 0.25) is 0 Å². The molecule has 2 unspecified atom stereocenters. The predicted octanol–water partition coefficient (Wildman–Crippen LogP) is -1.28. The Hall–Kier alpha value is -1.22. The fraction of sp³-hybridized carbons (Fsp3) is 0.800. The maximum absolute atomic E-state index is 10.2. The van der Waals surface area contributed by atoms with Gasteiger partial charge in [-0.3, -0.25) is 9.59 Å².